The van der Waals surface area contributed by atoms with Gasteiger partial charge in [-0.05, 0) is 44.9 Å². The van der Waals surface area contributed by atoms with Crippen LogP contribution in [0.2, 0.25) is 0 Å². The Hall–Kier alpha value is 0.160. The maximum Gasteiger partial charge on any atom is 0.194 e. The van der Waals surface area contributed by atoms with Gasteiger partial charge in [0.1, 0.15) is 5.54 Å². The summed E-state index contributed by atoms with van der Waals surface area (Å²) in [4.78, 5) is 0. The van der Waals surface area contributed by atoms with Crippen molar-refractivity contribution in [1.29, 1.82) is 0 Å². The first-order valence-corrected chi connectivity index (χ1v) is 6.13. The molecule has 14 heavy (non-hydrogen) atoms. The molecule has 0 saturated carbocycles. The third-order valence-electron chi connectivity index (χ3n) is 2.43. The van der Waals surface area contributed by atoms with Crippen LogP contribution in [-0.2, 0) is 0 Å². The number of rotatable bonds is 2. The van der Waals surface area contributed by atoms with E-state index in [1.165, 1.54) is 0 Å². The normalized spacial score (nSPS) is 22.4. The van der Waals surface area contributed by atoms with Crippen molar-refractivity contribution < 1.29 is 4.68 Å². The van der Waals surface area contributed by atoms with Gasteiger partial charge in [0.2, 0.25) is 0 Å². The van der Waals surface area contributed by atoms with Gasteiger partial charge in [0, 0.05) is 6.04 Å². The fourth-order valence-corrected chi connectivity index (χ4v) is 3.63. The lowest BCUT2D eigenvalue weighted by Gasteiger charge is -2.32. The van der Waals surface area contributed by atoms with Crippen LogP contribution in [0.5, 0.6) is 0 Å². The zero-order valence-electron chi connectivity index (χ0n) is 9.95. The second-order valence-corrected chi connectivity index (χ2v) is 5.80. The molecule has 0 aromatic rings. The van der Waals surface area contributed by atoms with Crippen LogP contribution in [0.3, 0.4) is 0 Å². The Labute approximate surface area is 101 Å². The third-order valence-corrected chi connectivity index (χ3v) is 3.39. The quantitative estimate of drug-likeness (QED) is 0.440. The summed E-state index contributed by atoms with van der Waals surface area (Å²) in [5.74, 6) is 0. The molecular formula is C10H21IN3+. The lowest BCUT2D eigenvalue weighted by molar-refractivity contribution is -0.690. The SMILES string of the molecule is CC(C)N1N(I)[N+](C(C)C)=CC1(C)C. The van der Waals surface area contributed by atoms with Crippen LogP contribution < -0.4 is 0 Å². The number of nitrogens with zero attached hydrogens (tertiary/aromatic N) is 3. The molecule has 1 aliphatic heterocycles. The fourth-order valence-electron chi connectivity index (χ4n) is 1.95. The van der Waals surface area contributed by atoms with Crippen LogP contribution in [0.15, 0.2) is 0 Å². The van der Waals surface area contributed by atoms with Crippen LogP contribution in [0.1, 0.15) is 41.5 Å². The molecule has 1 heterocycles. The lowest BCUT2D eigenvalue weighted by Crippen LogP contribution is -2.50. The van der Waals surface area contributed by atoms with Crippen molar-refractivity contribution in [2.45, 2.75) is 59.2 Å². The minimum Gasteiger partial charge on any atom is -0.144 e. The maximum absolute atomic E-state index is 2.38. The molecule has 0 aromatic carbocycles. The number of hydrazone groups is 1. The number of hydrogen-bond acceptors (Lipinski definition) is 2. The van der Waals surface area contributed by atoms with E-state index >= 15 is 0 Å². The highest BCUT2D eigenvalue weighted by molar-refractivity contribution is 14.1. The number of halogens is 1. The molecule has 4 heteroatoms. The standard InChI is InChI=1S/C10H21IN3/c1-8(2)12-7-10(5,6)13(9(3)4)14(12)11/h7-9H,1-6H3/q+1. The number of hydrazine groups is 2. The highest BCUT2D eigenvalue weighted by atomic mass is 127. The van der Waals surface area contributed by atoms with Crippen molar-refractivity contribution >= 4 is 29.1 Å². The minimum atomic E-state index is 0.111. The molecule has 0 atom stereocenters. The Morgan fingerprint density at radius 2 is 1.71 bits per heavy atom. The van der Waals surface area contributed by atoms with E-state index in [-0.39, 0.29) is 5.54 Å². The van der Waals surface area contributed by atoms with Gasteiger partial charge in [-0.2, -0.15) is 0 Å². The van der Waals surface area contributed by atoms with Crippen molar-refractivity contribution in [3.05, 3.63) is 0 Å². The van der Waals surface area contributed by atoms with Gasteiger partial charge in [-0.1, -0.05) is 4.68 Å². The zero-order chi connectivity index (χ0) is 11.1. The lowest BCUT2D eigenvalue weighted by atomic mass is 10.1. The van der Waals surface area contributed by atoms with Crippen LogP contribution in [0.25, 0.3) is 0 Å². The van der Waals surface area contributed by atoms with E-state index in [1.54, 1.807) is 0 Å². The molecule has 0 unspecified atom stereocenters. The minimum absolute atomic E-state index is 0.111. The Morgan fingerprint density at radius 1 is 1.21 bits per heavy atom. The molecule has 0 aromatic heterocycles. The summed E-state index contributed by atoms with van der Waals surface area (Å²) >= 11 is 2.37. The van der Waals surface area contributed by atoms with E-state index in [0.29, 0.717) is 12.1 Å². The Morgan fingerprint density at radius 3 is 1.93 bits per heavy atom. The molecule has 1 rings (SSSR count). The van der Waals surface area contributed by atoms with Gasteiger partial charge in [-0.3, -0.25) is 0 Å². The molecule has 0 bridgehead atoms. The predicted molar refractivity (Wildman–Crippen MR) is 68.4 cm³/mol. The Kier molecular flexibility index (Phi) is 3.46. The first kappa shape index (κ1) is 12.2. The maximum atomic E-state index is 2.38. The molecule has 0 saturated heterocycles. The van der Waals surface area contributed by atoms with E-state index < -0.39 is 0 Å². The second-order valence-electron chi connectivity index (χ2n) is 4.94. The summed E-state index contributed by atoms with van der Waals surface area (Å²) < 4.78 is 4.48. The largest absolute Gasteiger partial charge is 0.194 e. The van der Waals surface area contributed by atoms with E-state index in [0.717, 1.165) is 0 Å². The average molecular weight is 310 g/mol. The summed E-state index contributed by atoms with van der Waals surface area (Å²) in [5.41, 5.74) is 0.111. The van der Waals surface area contributed by atoms with Gasteiger partial charge >= 0.3 is 0 Å². The number of hydrogen-bond donors (Lipinski definition) is 0. The third kappa shape index (κ3) is 2.05. The summed E-state index contributed by atoms with van der Waals surface area (Å²) in [5, 5.41) is 2.38. The predicted octanol–water partition coefficient (Wildman–Crippen LogP) is 2.46. The van der Waals surface area contributed by atoms with Crippen molar-refractivity contribution in [1.82, 2.24) is 8.34 Å². The van der Waals surface area contributed by atoms with Crippen molar-refractivity contribution in [3.8, 4) is 0 Å². The molecule has 0 fully saturated rings. The monoisotopic (exact) mass is 310 g/mol. The summed E-state index contributed by atoms with van der Waals surface area (Å²) in [6.45, 7) is 13.4. The molecule has 0 N–H and O–H groups in total. The van der Waals surface area contributed by atoms with Crippen LogP contribution in [0, 0.1) is 0 Å². The van der Waals surface area contributed by atoms with E-state index in [4.69, 9.17) is 0 Å². The molecule has 1 aliphatic rings. The molecular weight excluding hydrogens is 289 g/mol. The van der Waals surface area contributed by atoms with Crippen LogP contribution in [0.4, 0.5) is 0 Å². The van der Waals surface area contributed by atoms with Gasteiger partial charge in [0.25, 0.3) is 0 Å². The molecule has 82 valence electrons. The van der Waals surface area contributed by atoms with Gasteiger partial charge in [-0.15, -0.1) is 5.01 Å². The van der Waals surface area contributed by atoms with Crippen LogP contribution >= 0.6 is 22.9 Å². The van der Waals surface area contributed by atoms with Gasteiger partial charge in [0.15, 0.2) is 35.1 Å². The first-order valence-electron chi connectivity index (χ1n) is 5.17. The second kappa shape index (κ2) is 3.96. The highest BCUT2D eigenvalue weighted by Crippen LogP contribution is 2.28. The first-order chi connectivity index (χ1) is 6.27. The zero-order valence-corrected chi connectivity index (χ0v) is 12.1. The molecule has 0 spiro atoms. The Bertz CT molecular complexity index is 246. The fraction of sp³-hybridized carbons (Fsp3) is 0.900. The van der Waals surface area contributed by atoms with Crippen molar-refractivity contribution in [3.63, 3.8) is 0 Å². The smallest absolute Gasteiger partial charge is 0.144 e. The van der Waals surface area contributed by atoms with Crippen molar-refractivity contribution in [2.24, 2.45) is 0 Å². The van der Waals surface area contributed by atoms with Gasteiger partial charge in [0.05, 0.1) is 0 Å². The molecule has 0 radical (unpaired) electrons. The van der Waals surface area contributed by atoms with E-state index in [9.17, 15) is 0 Å². The summed E-state index contributed by atoms with van der Waals surface area (Å²) in [6, 6.07) is 1.02. The summed E-state index contributed by atoms with van der Waals surface area (Å²) in [6.07, 6.45) is 2.30. The van der Waals surface area contributed by atoms with Crippen LogP contribution in [-0.4, -0.2) is 36.9 Å². The van der Waals surface area contributed by atoms with Gasteiger partial charge in [-0.25, -0.2) is 0 Å². The van der Waals surface area contributed by atoms with Gasteiger partial charge < -0.3 is 0 Å². The molecule has 3 nitrogen and oxygen atoms in total. The molecule has 0 aliphatic carbocycles. The molecule has 0 amide bonds. The van der Waals surface area contributed by atoms with E-state index in [2.05, 4.69) is 83.6 Å². The summed E-state index contributed by atoms with van der Waals surface area (Å²) in [7, 11) is 0. The van der Waals surface area contributed by atoms with E-state index in [1.807, 2.05) is 0 Å². The highest BCUT2D eigenvalue weighted by Gasteiger charge is 2.46. The topological polar surface area (TPSA) is 9.49 Å². The van der Waals surface area contributed by atoms with Crippen molar-refractivity contribution in [2.75, 3.05) is 0 Å². The average Bonchev–Trinajstić information content (AvgIpc) is 2.20. The Balaban J connectivity index is 2.98.